The lowest BCUT2D eigenvalue weighted by molar-refractivity contribution is 0.434. The van der Waals surface area contributed by atoms with Gasteiger partial charge >= 0.3 is 0 Å². The molecule has 2 nitrogen and oxygen atoms in total. The first kappa shape index (κ1) is 10.7. The van der Waals surface area contributed by atoms with Crippen LogP contribution >= 0.6 is 0 Å². The van der Waals surface area contributed by atoms with Crippen molar-refractivity contribution in [1.82, 2.24) is 9.88 Å². The molecule has 1 aromatic heterocycles. The average molecular weight is 212 g/mol. The zero-order valence-corrected chi connectivity index (χ0v) is 9.50. The first-order valence-corrected chi connectivity index (χ1v) is 5.59. The fourth-order valence-electron chi connectivity index (χ4n) is 1.57. The predicted molar refractivity (Wildman–Crippen MR) is 67.7 cm³/mol. The highest BCUT2D eigenvalue weighted by atomic mass is 15.1. The van der Waals surface area contributed by atoms with Gasteiger partial charge in [-0.15, -0.1) is 0 Å². The van der Waals surface area contributed by atoms with Gasteiger partial charge in [0.25, 0.3) is 0 Å². The van der Waals surface area contributed by atoms with Gasteiger partial charge in [0.1, 0.15) is 0 Å². The molecule has 0 unspecified atom stereocenters. The zero-order valence-electron chi connectivity index (χ0n) is 9.50. The molecule has 2 heteroatoms. The molecule has 1 aliphatic heterocycles. The van der Waals surface area contributed by atoms with Crippen molar-refractivity contribution in [3.8, 4) is 0 Å². The van der Waals surface area contributed by atoms with Crippen molar-refractivity contribution in [2.45, 2.75) is 6.92 Å². The van der Waals surface area contributed by atoms with Gasteiger partial charge in [0.2, 0.25) is 0 Å². The molecule has 0 N–H and O–H groups in total. The highest BCUT2D eigenvalue weighted by molar-refractivity contribution is 5.54. The largest absolute Gasteiger partial charge is 0.374 e. The normalized spacial score (nSPS) is 15.6. The van der Waals surface area contributed by atoms with E-state index in [4.69, 9.17) is 0 Å². The number of pyridine rings is 1. The Morgan fingerprint density at radius 2 is 2.12 bits per heavy atom. The lowest BCUT2D eigenvalue weighted by Crippen LogP contribution is -2.18. The highest BCUT2D eigenvalue weighted by Crippen LogP contribution is 2.10. The second-order valence-corrected chi connectivity index (χ2v) is 3.72. The van der Waals surface area contributed by atoms with E-state index in [2.05, 4.69) is 47.3 Å². The summed E-state index contributed by atoms with van der Waals surface area (Å²) in [6.45, 7) is 4.23. The van der Waals surface area contributed by atoms with Crippen LogP contribution in [0.4, 0.5) is 0 Å². The molecule has 0 spiro atoms. The molecular weight excluding hydrogens is 196 g/mol. The molecule has 0 atom stereocenters. The smallest absolute Gasteiger partial charge is 0.0362 e. The monoisotopic (exact) mass is 212 g/mol. The maximum atomic E-state index is 3.99. The van der Waals surface area contributed by atoms with Crippen LogP contribution < -0.4 is 0 Å². The van der Waals surface area contributed by atoms with Crippen LogP contribution in [0.15, 0.2) is 54.5 Å². The number of rotatable bonds is 3. The lowest BCUT2D eigenvalue weighted by atomic mass is 10.1. The molecular formula is C14H16N2. The van der Waals surface area contributed by atoms with Crippen LogP contribution in [0.5, 0.6) is 0 Å². The van der Waals surface area contributed by atoms with E-state index in [0.717, 1.165) is 13.1 Å². The van der Waals surface area contributed by atoms with Crippen LogP contribution in [0.25, 0.3) is 6.08 Å². The van der Waals surface area contributed by atoms with Crippen LogP contribution in [-0.4, -0.2) is 23.0 Å². The summed E-state index contributed by atoms with van der Waals surface area (Å²) in [4.78, 5) is 6.26. The molecule has 0 saturated carbocycles. The minimum atomic E-state index is 1.00. The van der Waals surface area contributed by atoms with E-state index in [0.29, 0.717) is 0 Å². The van der Waals surface area contributed by atoms with Gasteiger partial charge in [0.15, 0.2) is 0 Å². The van der Waals surface area contributed by atoms with Crippen molar-refractivity contribution in [3.05, 3.63) is 60.1 Å². The molecule has 0 saturated heterocycles. The average Bonchev–Trinajstić information content (AvgIpc) is 2.38. The van der Waals surface area contributed by atoms with Gasteiger partial charge in [0.05, 0.1) is 0 Å². The van der Waals surface area contributed by atoms with E-state index in [1.165, 1.54) is 11.1 Å². The van der Waals surface area contributed by atoms with E-state index < -0.39 is 0 Å². The minimum absolute atomic E-state index is 1.00. The Morgan fingerprint density at radius 3 is 2.75 bits per heavy atom. The predicted octanol–water partition coefficient (Wildman–Crippen LogP) is 2.87. The van der Waals surface area contributed by atoms with Crippen molar-refractivity contribution in [2.24, 2.45) is 0 Å². The van der Waals surface area contributed by atoms with Gasteiger partial charge in [-0.25, -0.2) is 0 Å². The molecule has 0 aromatic carbocycles. The standard InChI is InChI=1S/C14H16N2/c1-2-16-11-7-14(8-12-16)4-3-13-5-9-15-10-6-13/h3-11H,2,12H2,1H3. The Bertz CT molecular complexity index is 416. The fraction of sp³-hybridized carbons (Fsp3) is 0.214. The third-order valence-corrected chi connectivity index (χ3v) is 2.62. The Labute approximate surface area is 96.6 Å². The van der Waals surface area contributed by atoms with Crippen molar-refractivity contribution >= 4 is 6.08 Å². The fourth-order valence-corrected chi connectivity index (χ4v) is 1.57. The number of hydrogen-bond donors (Lipinski definition) is 0. The van der Waals surface area contributed by atoms with Crippen LogP contribution in [0.2, 0.25) is 0 Å². The van der Waals surface area contributed by atoms with Gasteiger partial charge in [-0.3, -0.25) is 4.98 Å². The number of aromatic nitrogens is 1. The van der Waals surface area contributed by atoms with E-state index >= 15 is 0 Å². The summed E-state index contributed by atoms with van der Waals surface area (Å²) in [5.74, 6) is 0. The Hall–Kier alpha value is -1.83. The first-order chi connectivity index (χ1) is 7.88. The SMILES string of the molecule is CCN1C=CC(C=Cc2ccncc2)=CC1. The topological polar surface area (TPSA) is 16.1 Å². The van der Waals surface area contributed by atoms with Crippen molar-refractivity contribution < 1.29 is 0 Å². The van der Waals surface area contributed by atoms with E-state index in [9.17, 15) is 0 Å². The summed E-state index contributed by atoms with van der Waals surface area (Å²) in [6, 6.07) is 4.00. The maximum Gasteiger partial charge on any atom is 0.0362 e. The van der Waals surface area contributed by atoms with E-state index in [-0.39, 0.29) is 0 Å². The molecule has 0 amide bonds. The molecule has 0 fully saturated rings. The third kappa shape index (κ3) is 2.83. The molecule has 1 aliphatic rings. The third-order valence-electron chi connectivity index (χ3n) is 2.62. The van der Waals surface area contributed by atoms with Gasteiger partial charge < -0.3 is 4.90 Å². The molecule has 0 radical (unpaired) electrons. The number of nitrogens with zero attached hydrogens (tertiary/aromatic N) is 2. The van der Waals surface area contributed by atoms with Gasteiger partial charge in [-0.1, -0.05) is 18.2 Å². The second kappa shape index (κ2) is 5.31. The summed E-state index contributed by atoms with van der Waals surface area (Å²) in [7, 11) is 0. The molecule has 2 rings (SSSR count). The van der Waals surface area contributed by atoms with Crippen molar-refractivity contribution in [2.75, 3.05) is 13.1 Å². The number of hydrogen-bond acceptors (Lipinski definition) is 2. The minimum Gasteiger partial charge on any atom is -0.374 e. The van der Waals surface area contributed by atoms with E-state index in [1.54, 1.807) is 0 Å². The molecule has 2 heterocycles. The Kier molecular flexibility index (Phi) is 3.54. The molecule has 1 aromatic rings. The zero-order chi connectivity index (χ0) is 11.2. The summed E-state index contributed by atoms with van der Waals surface area (Å²) < 4.78 is 0. The summed E-state index contributed by atoms with van der Waals surface area (Å²) in [5.41, 5.74) is 2.45. The van der Waals surface area contributed by atoms with Gasteiger partial charge in [-0.05, 0) is 42.5 Å². The van der Waals surface area contributed by atoms with Crippen LogP contribution in [0.1, 0.15) is 12.5 Å². The molecule has 0 aliphatic carbocycles. The van der Waals surface area contributed by atoms with Gasteiger partial charge in [0, 0.05) is 25.5 Å². The Morgan fingerprint density at radius 1 is 1.31 bits per heavy atom. The van der Waals surface area contributed by atoms with Crippen LogP contribution in [-0.2, 0) is 0 Å². The molecule has 0 bridgehead atoms. The first-order valence-electron chi connectivity index (χ1n) is 5.59. The maximum absolute atomic E-state index is 3.99. The summed E-state index contributed by atoms with van der Waals surface area (Å²) >= 11 is 0. The number of likely N-dealkylation sites (N-methyl/N-ethyl adjacent to an activating group) is 1. The van der Waals surface area contributed by atoms with Crippen LogP contribution in [0.3, 0.4) is 0 Å². The highest BCUT2D eigenvalue weighted by Gasteiger charge is 1.99. The van der Waals surface area contributed by atoms with Gasteiger partial charge in [-0.2, -0.15) is 0 Å². The van der Waals surface area contributed by atoms with Crippen LogP contribution in [0, 0.1) is 0 Å². The van der Waals surface area contributed by atoms with Crippen molar-refractivity contribution in [3.63, 3.8) is 0 Å². The lowest BCUT2D eigenvalue weighted by Gasteiger charge is -2.19. The Balaban J connectivity index is 1.99. The second-order valence-electron chi connectivity index (χ2n) is 3.72. The number of allylic oxidation sites excluding steroid dienone is 3. The molecule has 82 valence electrons. The van der Waals surface area contributed by atoms with E-state index in [1.807, 2.05) is 24.5 Å². The summed E-state index contributed by atoms with van der Waals surface area (Å²) in [5, 5.41) is 0. The summed E-state index contributed by atoms with van der Waals surface area (Å²) in [6.07, 6.45) is 14.4. The van der Waals surface area contributed by atoms with Crippen molar-refractivity contribution in [1.29, 1.82) is 0 Å². The quantitative estimate of drug-likeness (QED) is 0.766. The molecule has 16 heavy (non-hydrogen) atoms.